The van der Waals surface area contributed by atoms with Gasteiger partial charge in [0, 0.05) is 18.4 Å². The van der Waals surface area contributed by atoms with Crippen LogP contribution in [0.3, 0.4) is 0 Å². The molecule has 0 fully saturated rings. The Kier molecular flexibility index (Phi) is 10.3. The molecule has 0 atom stereocenters. The molecule has 0 saturated heterocycles. The number of aryl methyl sites for hydroxylation is 2. The summed E-state index contributed by atoms with van der Waals surface area (Å²) in [6, 6.07) is 19.6. The van der Waals surface area contributed by atoms with Crippen LogP contribution >= 0.6 is 11.8 Å². The normalized spacial score (nSPS) is 11.1. The van der Waals surface area contributed by atoms with Crippen molar-refractivity contribution in [2.45, 2.75) is 30.9 Å². The lowest BCUT2D eigenvalue weighted by Crippen LogP contribution is -2.41. The molecule has 9 heteroatoms. The number of benzene rings is 3. The molecule has 0 aromatic heterocycles. The summed E-state index contributed by atoms with van der Waals surface area (Å²) in [4.78, 5) is 13.0. The van der Waals surface area contributed by atoms with Crippen molar-refractivity contribution in [1.82, 2.24) is 5.32 Å². The third kappa shape index (κ3) is 7.66. The average molecular weight is 543 g/mol. The minimum Gasteiger partial charge on any atom is -0.493 e. The van der Waals surface area contributed by atoms with Gasteiger partial charge in [-0.1, -0.05) is 42.0 Å². The van der Waals surface area contributed by atoms with Crippen LogP contribution in [0.1, 0.15) is 23.1 Å². The van der Waals surface area contributed by atoms with Gasteiger partial charge in [-0.05, 0) is 61.4 Å². The number of thioether (sulfide) groups is 1. The Morgan fingerprint density at radius 2 is 1.65 bits per heavy atom. The van der Waals surface area contributed by atoms with Crippen LogP contribution in [0.25, 0.3) is 0 Å². The molecule has 0 aliphatic rings. The van der Waals surface area contributed by atoms with Gasteiger partial charge in [0.15, 0.2) is 11.5 Å². The van der Waals surface area contributed by atoms with Crippen molar-refractivity contribution >= 4 is 33.4 Å². The number of carbonyl (C=O) groups excluding carboxylic acids is 1. The summed E-state index contributed by atoms with van der Waals surface area (Å²) in [6.45, 7) is 4.09. The van der Waals surface area contributed by atoms with Gasteiger partial charge in [0.25, 0.3) is 10.0 Å². The summed E-state index contributed by atoms with van der Waals surface area (Å²) >= 11 is 1.81. The molecular formula is C28H34N2O5S2. The first kappa shape index (κ1) is 28.4. The Morgan fingerprint density at radius 1 is 0.946 bits per heavy atom. The van der Waals surface area contributed by atoms with Gasteiger partial charge in [-0.3, -0.25) is 9.10 Å². The smallest absolute Gasteiger partial charge is 0.264 e. The average Bonchev–Trinajstić information content (AvgIpc) is 2.90. The van der Waals surface area contributed by atoms with Crippen LogP contribution < -0.4 is 19.1 Å². The molecule has 0 spiro atoms. The molecule has 1 N–H and O–H groups in total. The molecule has 1 amide bonds. The zero-order valence-corrected chi connectivity index (χ0v) is 23.3. The van der Waals surface area contributed by atoms with Gasteiger partial charge in [0.1, 0.15) is 6.54 Å². The number of methoxy groups -OCH3 is 2. The molecule has 0 aliphatic heterocycles. The van der Waals surface area contributed by atoms with Crippen molar-refractivity contribution < 1.29 is 22.7 Å². The Morgan fingerprint density at radius 3 is 2.32 bits per heavy atom. The summed E-state index contributed by atoms with van der Waals surface area (Å²) < 4.78 is 38.9. The number of carbonyl (C=O) groups is 1. The number of sulfonamides is 1. The van der Waals surface area contributed by atoms with Crippen LogP contribution in [0.15, 0.2) is 71.6 Å². The lowest BCUT2D eigenvalue weighted by molar-refractivity contribution is -0.119. The van der Waals surface area contributed by atoms with Crippen LogP contribution in [0.5, 0.6) is 11.5 Å². The van der Waals surface area contributed by atoms with E-state index in [-0.39, 0.29) is 17.3 Å². The highest BCUT2D eigenvalue weighted by molar-refractivity contribution is 7.98. The van der Waals surface area contributed by atoms with Crippen molar-refractivity contribution in [2.24, 2.45) is 0 Å². The minimum atomic E-state index is -4.01. The highest BCUT2D eigenvalue weighted by atomic mass is 32.2. The summed E-state index contributed by atoms with van der Waals surface area (Å²) in [7, 11) is -1.03. The van der Waals surface area contributed by atoms with Gasteiger partial charge in [0.05, 0.1) is 24.8 Å². The highest BCUT2D eigenvalue weighted by Crippen LogP contribution is 2.33. The van der Waals surface area contributed by atoms with Gasteiger partial charge >= 0.3 is 0 Å². The second-order valence-corrected chi connectivity index (χ2v) is 11.5. The van der Waals surface area contributed by atoms with Crippen molar-refractivity contribution in [3.8, 4) is 11.5 Å². The van der Waals surface area contributed by atoms with Crippen molar-refractivity contribution in [3.63, 3.8) is 0 Å². The number of hydrogen-bond donors (Lipinski definition) is 1. The summed E-state index contributed by atoms with van der Waals surface area (Å²) in [5.74, 6) is 2.26. The molecule has 0 bridgehead atoms. The second-order valence-electron chi connectivity index (χ2n) is 8.55. The summed E-state index contributed by atoms with van der Waals surface area (Å²) in [5.41, 5.74) is 3.83. The molecular weight excluding hydrogens is 508 g/mol. The van der Waals surface area contributed by atoms with Crippen molar-refractivity contribution in [3.05, 3.63) is 83.4 Å². The lowest BCUT2D eigenvalue weighted by atomic mass is 10.1. The van der Waals surface area contributed by atoms with E-state index in [0.717, 1.165) is 27.8 Å². The van der Waals surface area contributed by atoms with Crippen LogP contribution in [-0.4, -0.2) is 47.4 Å². The zero-order chi connectivity index (χ0) is 26.8. The SMILES string of the molecule is COc1ccc(N(CC(=O)NCCCSCc2ccccc2C)S(=O)(=O)c2ccc(C)cc2)cc1OC. The lowest BCUT2D eigenvalue weighted by Gasteiger charge is -2.25. The standard InChI is InChI=1S/C28H34N2O5S2/c1-21-10-13-25(14-11-21)37(32,33)30(24-12-15-26(34-3)27(18-24)35-4)19-28(31)29-16-7-17-36-20-23-9-6-5-8-22(23)2/h5-6,8-15,18H,7,16-17,19-20H2,1-4H3,(H,29,31). The number of hydrogen-bond acceptors (Lipinski definition) is 6. The van der Waals surface area contributed by atoms with E-state index in [2.05, 4.69) is 24.4 Å². The first-order valence-electron chi connectivity index (χ1n) is 12.0. The van der Waals surface area contributed by atoms with E-state index in [9.17, 15) is 13.2 Å². The molecule has 3 aromatic rings. The number of rotatable bonds is 13. The maximum Gasteiger partial charge on any atom is 0.264 e. The topological polar surface area (TPSA) is 84.9 Å². The molecule has 3 aromatic carbocycles. The van der Waals surface area contributed by atoms with E-state index >= 15 is 0 Å². The predicted octanol–water partition coefficient (Wildman–Crippen LogP) is 4.96. The van der Waals surface area contributed by atoms with Crippen LogP contribution in [0.4, 0.5) is 5.69 Å². The van der Waals surface area contributed by atoms with Crippen LogP contribution in [0, 0.1) is 13.8 Å². The maximum absolute atomic E-state index is 13.6. The Balaban J connectivity index is 1.67. The van der Waals surface area contributed by atoms with Crippen LogP contribution in [0.2, 0.25) is 0 Å². The first-order valence-corrected chi connectivity index (χ1v) is 14.6. The van der Waals surface area contributed by atoms with E-state index in [1.54, 1.807) is 42.5 Å². The molecule has 0 unspecified atom stereocenters. The molecule has 0 heterocycles. The van der Waals surface area contributed by atoms with E-state index < -0.39 is 10.0 Å². The maximum atomic E-state index is 13.6. The predicted molar refractivity (Wildman–Crippen MR) is 150 cm³/mol. The Labute approximate surface area is 224 Å². The zero-order valence-electron chi connectivity index (χ0n) is 21.7. The number of nitrogens with one attached hydrogen (secondary N) is 1. The third-order valence-electron chi connectivity index (χ3n) is 5.86. The van der Waals surface area contributed by atoms with Crippen molar-refractivity contribution in [1.29, 1.82) is 0 Å². The second kappa shape index (κ2) is 13.4. The fourth-order valence-corrected chi connectivity index (χ4v) is 6.12. The Bertz CT molecular complexity index is 1290. The molecule has 198 valence electrons. The largest absolute Gasteiger partial charge is 0.493 e. The number of ether oxygens (including phenoxy) is 2. The van der Waals surface area contributed by atoms with Crippen LogP contribution in [-0.2, 0) is 20.6 Å². The Hall–Kier alpha value is -3.17. The van der Waals surface area contributed by atoms with Gasteiger partial charge in [-0.2, -0.15) is 11.8 Å². The quantitative estimate of drug-likeness (QED) is 0.308. The molecule has 7 nitrogen and oxygen atoms in total. The minimum absolute atomic E-state index is 0.105. The molecule has 0 saturated carbocycles. The van der Waals surface area contributed by atoms with E-state index in [4.69, 9.17) is 9.47 Å². The molecule has 3 rings (SSSR count). The summed E-state index contributed by atoms with van der Waals surface area (Å²) in [6.07, 6.45) is 0.781. The number of anilines is 1. The van der Waals surface area contributed by atoms with E-state index in [1.807, 2.05) is 30.8 Å². The fraction of sp³-hybridized carbons (Fsp3) is 0.321. The monoisotopic (exact) mass is 542 g/mol. The van der Waals surface area contributed by atoms with Gasteiger partial charge in [-0.25, -0.2) is 8.42 Å². The highest BCUT2D eigenvalue weighted by Gasteiger charge is 2.28. The van der Waals surface area contributed by atoms with Gasteiger partial charge in [0.2, 0.25) is 5.91 Å². The van der Waals surface area contributed by atoms with Gasteiger partial charge in [-0.15, -0.1) is 0 Å². The third-order valence-corrected chi connectivity index (χ3v) is 8.74. The number of amides is 1. The van der Waals surface area contributed by atoms with Gasteiger partial charge < -0.3 is 14.8 Å². The first-order chi connectivity index (χ1) is 17.8. The number of nitrogens with zero attached hydrogens (tertiary/aromatic N) is 1. The summed E-state index contributed by atoms with van der Waals surface area (Å²) in [5, 5.41) is 2.86. The van der Waals surface area contributed by atoms with E-state index in [1.165, 1.54) is 25.3 Å². The molecule has 37 heavy (non-hydrogen) atoms. The molecule has 0 radical (unpaired) electrons. The fourth-order valence-electron chi connectivity index (χ4n) is 3.68. The van der Waals surface area contributed by atoms with E-state index in [0.29, 0.717) is 23.7 Å². The van der Waals surface area contributed by atoms with Crippen molar-refractivity contribution in [2.75, 3.05) is 37.4 Å². The molecule has 0 aliphatic carbocycles.